The van der Waals surface area contributed by atoms with Crippen molar-refractivity contribution in [3.8, 4) is 6.07 Å². The largest absolute Gasteiger partial charge is 0.325 e. The summed E-state index contributed by atoms with van der Waals surface area (Å²) in [5.41, 5.74) is -1.04. The Morgan fingerprint density at radius 2 is 1.82 bits per heavy atom. The Bertz CT molecular complexity index is 1030. The zero-order chi connectivity index (χ0) is 20.6. The summed E-state index contributed by atoms with van der Waals surface area (Å²) in [5, 5.41) is 11.4. The molecule has 142 valence electrons. The monoisotopic (exact) mass is 383 g/mol. The molecule has 1 heterocycles. The van der Waals surface area contributed by atoms with Crippen LogP contribution in [-0.4, -0.2) is 28.7 Å². The molecule has 0 aliphatic carbocycles. The maximum atomic E-state index is 13.9. The number of carbonyl (C=O) groups excluding carboxylic acids is 3. The highest BCUT2D eigenvalue weighted by atomic mass is 19.1. The van der Waals surface area contributed by atoms with Crippen LogP contribution in [0.25, 0.3) is 0 Å². The fraction of sp³-hybridized carbons (Fsp3) is 0.200. The second kappa shape index (κ2) is 6.85. The van der Waals surface area contributed by atoms with Crippen LogP contribution in [0.3, 0.4) is 0 Å². The summed E-state index contributed by atoms with van der Waals surface area (Å²) in [4.78, 5) is 38.8. The van der Waals surface area contributed by atoms with E-state index in [4.69, 9.17) is 5.26 Å². The Balaban J connectivity index is 1.92. The van der Waals surface area contributed by atoms with E-state index in [9.17, 15) is 23.2 Å². The van der Waals surface area contributed by atoms with Crippen LogP contribution in [0.15, 0.2) is 42.5 Å². The number of nitriles is 1. The smallest absolute Gasteiger partial charge is 0.319 e. The predicted molar refractivity (Wildman–Crippen MR) is 94.0 cm³/mol. The van der Waals surface area contributed by atoms with Gasteiger partial charge in [0.2, 0.25) is 0 Å². The first-order valence-electron chi connectivity index (χ1n) is 8.34. The molecule has 3 rings (SSSR count). The average Bonchev–Trinajstić information content (AvgIpc) is 2.90. The second-order valence-corrected chi connectivity index (χ2v) is 6.58. The first-order valence-corrected chi connectivity index (χ1v) is 8.34. The van der Waals surface area contributed by atoms with E-state index in [0.717, 1.165) is 17.0 Å². The van der Waals surface area contributed by atoms with Gasteiger partial charge in [0.05, 0.1) is 17.2 Å². The second-order valence-electron chi connectivity index (χ2n) is 6.58. The standard InChI is InChI=1S/C20H15F2N3O3/c1-11(17(26)15-8-7-14(21)9-16(15)22)25-18(27)20(2,24-19(25)28)13-5-3-12(10-23)4-6-13/h3-9,11H,1-2H3,(H,24,28). The minimum Gasteiger partial charge on any atom is -0.319 e. The molecule has 1 fully saturated rings. The number of halogens is 2. The first kappa shape index (κ1) is 19.2. The molecule has 1 N–H and O–H groups in total. The molecule has 8 heteroatoms. The number of hydrogen-bond donors (Lipinski definition) is 1. The SMILES string of the molecule is CC(C(=O)c1ccc(F)cc1F)N1C(=O)NC(C)(c2ccc(C#N)cc2)C1=O. The minimum absolute atomic E-state index is 0.385. The number of Topliss-reactive ketones (excluding diaryl/α,β-unsaturated/α-hetero) is 1. The van der Waals surface area contributed by atoms with Gasteiger partial charge >= 0.3 is 6.03 Å². The van der Waals surface area contributed by atoms with Crippen molar-refractivity contribution in [3.05, 3.63) is 70.8 Å². The van der Waals surface area contributed by atoms with Crippen LogP contribution in [0, 0.1) is 23.0 Å². The lowest BCUT2D eigenvalue weighted by Crippen LogP contribution is -2.45. The minimum atomic E-state index is -1.44. The zero-order valence-electron chi connectivity index (χ0n) is 15.0. The molecule has 0 spiro atoms. The van der Waals surface area contributed by atoms with Crippen molar-refractivity contribution in [1.82, 2.24) is 10.2 Å². The van der Waals surface area contributed by atoms with Gasteiger partial charge in [-0.2, -0.15) is 5.26 Å². The molecule has 2 aromatic rings. The molecule has 3 amide bonds. The van der Waals surface area contributed by atoms with Crippen molar-refractivity contribution in [2.75, 3.05) is 0 Å². The molecule has 1 aliphatic heterocycles. The Morgan fingerprint density at radius 1 is 1.18 bits per heavy atom. The molecular weight excluding hydrogens is 368 g/mol. The maximum Gasteiger partial charge on any atom is 0.325 e. The fourth-order valence-electron chi connectivity index (χ4n) is 3.12. The van der Waals surface area contributed by atoms with Gasteiger partial charge in [0.15, 0.2) is 5.78 Å². The van der Waals surface area contributed by atoms with E-state index in [2.05, 4.69) is 5.32 Å². The number of nitrogens with one attached hydrogen (secondary N) is 1. The number of imide groups is 1. The van der Waals surface area contributed by atoms with Crippen LogP contribution in [-0.2, 0) is 10.3 Å². The summed E-state index contributed by atoms with van der Waals surface area (Å²) in [5.74, 6) is -3.43. The van der Waals surface area contributed by atoms with E-state index in [1.807, 2.05) is 6.07 Å². The highest BCUT2D eigenvalue weighted by Crippen LogP contribution is 2.31. The number of nitrogens with zero attached hydrogens (tertiary/aromatic N) is 2. The van der Waals surface area contributed by atoms with Gasteiger partial charge in [-0.05, 0) is 43.7 Å². The summed E-state index contributed by atoms with van der Waals surface area (Å²) in [6.07, 6.45) is 0. The van der Waals surface area contributed by atoms with Gasteiger partial charge in [-0.3, -0.25) is 14.5 Å². The van der Waals surface area contributed by atoms with Gasteiger partial charge in [-0.1, -0.05) is 12.1 Å². The molecular formula is C20H15F2N3O3. The van der Waals surface area contributed by atoms with E-state index in [1.54, 1.807) is 0 Å². The Morgan fingerprint density at radius 3 is 2.39 bits per heavy atom. The maximum absolute atomic E-state index is 13.9. The molecule has 0 radical (unpaired) electrons. The predicted octanol–water partition coefficient (Wildman–Crippen LogP) is 2.87. The molecule has 2 aromatic carbocycles. The lowest BCUT2D eigenvalue weighted by atomic mass is 9.91. The number of urea groups is 1. The molecule has 0 aromatic heterocycles. The van der Waals surface area contributed by atoms with Crippen LogP contribution >= 0.6 is 0 Å². The van der Waals surface area contributed by atoms with Gasteiger partial charge in [0.25, 0.3) is 5.91 Å². The van der Waals surface area contributed by atoms with Crippen molar-refractivity contribution in [2.24, 2.45) is 0 Å². The molecule has 6 nitrogen and oxygen atoms in total. The lowest BCUT2D eigenvalue weighted by Gasteiger charge is -2.24. The van der Waals surface area contributed by atoms with E-state index in [-0.39, 0.29) is 0 Å². The molecule has 2 atom stereocenters. The fourth-order valence-corrected chi connectivity index (χ4v) is 3.12. The highest BCUT2D eigenvalue weighted by Gasteiger charge is 2.51. The van der Waals surface area contributed by atoms with E-state index >= 15 is 0 Å². The quantitative estimate of drug-likeness (QED) is 0.649. The van der Waals surface area contributed by atoms with Gasteiger partial charge in [-0.15, -0.1) is 0 Å². The van der Waals surface area contributed by atoms with E-state index in [0.29, 0.717) is 17.2 Å². The van der Waals surface area contributed by atoms with Crippen LogP contribution in [0.5, 0.6) is 0 Å². The molecule has 2 unspecified atom stereocenters. The van der Waals surface area contributed by atoms with Crippen molar-refractivity contribution in [1.29, 1.82) is 5.26 Å². The molecule has 28 heavy (non-hydrogen) atoms. The summed E-state index contributed by atoms with van der Waals surface area (Å²) in [7, 11) is 0. The van der Waals surface area contributed by atoms with Crippen molar-refractivity contribution in [3.63, 3.8) is 0 Å². The summed E-state index contributed by atoms with van der Waals surface area (Å²) in [6.45, 7) is 2.78. The van der Waals surface area contributed by atoms with E-state index in [1.165, 1.54) is 38.1 Å². The summed E-state index contributed by atoms with van der Waals surface area (Å²) < 4.78 is 27.0. The third kappa shape index (κ3) is 3.01. The highest BCUT2D eigenvalue weighted by molar-refractivity contribution is 6.12. The number of ketones is 1. The number of amides is 3. The zero-order valence-corrected chi connectivity index (χ0v) is 15.0. The Kier molecular flexibility index (Phi) is 4.69. The third-order valence-corrected chi connectivity index (χ3v) is 4.78. The molecule has 0 bridgehead atoms. The number of hydrogen-bond acceptors (Lipinski definition) is 4. The van der Waals surface area contributed by atoms with Crippen molar-refractivity contribution in [2.45, 2.75) is 25.4 Å². The normalized spacial score (nSPS) is 19.9. The van der Waals surface area contributed by atoms with Gasteiger partial charge in [-0.25, -0.2) is 13.6 Å². The summed E-state index contributed by atoms with van der Waals surface area (Å²) >= 11 is 0. The van der Waals surface area contributed by atoms with Crippen LogP contribution < -0.4 is 5.32 Å². The Hall–Kier alpha value is -3.60. The lowest BCUT2D eigenvalue weighted by molar-refractivity contribution is -0.131. The average molecular weight is 383 g/mol. The van der Waals surface area contributed by atoms with E-state index < -0.39 is 46.5 Å². The third-order valence-electron chi connectivity index (χ3n) is 4.78. The van der Waals surface area contributed by atoms with Gasteiger partial charge in [0, 0.05) is 6.07 Å². The van der Waals surface area contributed by atoms with Crippen LogP contribution in [0.2, 0.25) is 0 Å². The molecule has 0 saturated carbocycles. The first-order chi connectivity index (χ1) is 13.2. The topological polar surface area (TPSA) is 90.3 Å². The summed E-state index contributed by atoms with van der Waals surface area (Å²) in [6, 6.07) is 8.39. The van der Waals surface area contributed by atoms with Crippen LogP contribution in [0.4, 0.5) is 13.6 Å². The van der Waals surface area contributed by atoms with Gasteiger partial charge < -0.3 is 5.32 Å². The van der Waals surface area contributed by atoms with Crippen molar-refractivity contribution >= 4 is 17.7 Å². The Labute approximate surface area is 159 Å². The number of rotatable bonds is 4. The molecule has 1 saturated heterocycles. The number of benzene rings is 2. The van der Waals surface area contributed by atoms with Gasteiger partial charge in [0.1, 0.15) is 23.2 Å². The van der Waals surface area contributed by atoms with Crippen molar-refractivity contribution < 1.29 is 23.2 Å². The number of carbonyl (C=O) groups is 3. The molecule has 1 aliphatic rings. The van der Waals surface area contributed by atoms with Crippen LogP contribution in [0.1, 0.15) is 35.3 Å².